The predicted molar refractivity (Wildman–Crippen MR) is 61.7 cm³/mol. The molecule has 15 heavy (non-hydrogen) atoms. The lowest BCUT2D eigenvalue weighted by Gasteiger charge is -2.04. The van der Waals surface area contributed by atoms with Crippen LogP contribution in [0, 0.1) is 0 Å². The maximum absolute atomic E-state index is 9.02. The molecule has 4 N–H and O–H groups in total. The Morgan fingerprint density at radius 1 is 1.00 bits per heavy atom. The highest BCUT2D eigenvalue weighted by Gasteiger charge is 2.10. The molecule has 0 fully saturated rings. The van der Waals surface area contributed by atoms with Gasteiger partial charge < -0.3 is 15.8 Å². The van der Waals surface area contributed by atoms with Crippen molar-refractivity contribution in [3.63, 3.8) is 0 Å². The molecule has 0 radical (unpaired) electrons. The fourth-order valence-electron chi connectivity index (χ4n) is 1.60. The van der Waals surface area contributed by atoms with Gasteiger partial charge in [0.15, 0.2) is 0 Å². The molecule has 0 unspecified atom stereocenters. The molecule has 0 saturated carbocycles. The Balaban J connectivity index is 2.55. The van der Waals surface area contributed by atoms with Gasteiger partial charge in [-0.15, -0.1) is 0 Å². The van der Waals surface area contributed by atoms with Crippen LogP contribution in [0.3, 0.4) is 0 Å². The quantitative estimate of drug-likeness (QED) is 0.598. The van der Waals surface area contributed by atoms with E-state index in [1.54, 1.807) is 12.1 Å². The number of fused-ring (bicyclic) bond motifs is 1. The summed E-state index contributed by atoms with van der Waals surface area (Å²) in [6, 6.07) is 11.2. The summed E-state index contributed by atoms with van der Waals surface area (Å²) < 4.78 is 0. The van der Waals surface area contributed by atoms with Crippen LogP contribution in [0.1, 0.15) is 5.56 Å². The molecule has 0 spiro atoms. The van der Waals surface area contributed by atoms with Gasteiger partial charge in [0.2, 0.25) is 0 Å². The second-order valence-corrected chi connectivity index (χ2v) is 3.52. The van der Waals surface area contributed by atoms with Gasteiger partial charge in [0, 0.05) is 6.54 Å². The zero-order valence-corrected chi connectivity index (χ0v) is 8.22. The molecule has 0 aromatic heterocycles. The number of hydrogen-bond acceptors (Lipinski definition) is 3. The van der Waals surface area contributed by atoms with Crippen LogP contribution in [0.25, 0.3) is 10.8 Å². The molecule has 2 rings (SSSR count). The first-order valence-corrected chi connectivity index (χ1v) is 4.79. The second-order valence-electron chi connectivity index (χ2n) is 3.52. The number of benzene rings is 2. The minimum atomic E-state index is -1.41. The van der Waals surface area contributed by atoms with E-state index in [1.165, 1.54) is 0 Å². The van der Waals surface area contributed by atoms with E-state index >= 15 is 0 Å². The topological polar surface area (TPSA) is 66.5 Å². The molecule has 0 bridgehead atoms. The zero-order chi connectivity index (χ0) is 10.8. The zero-order valence-electron chi connectivity index (χ0n) is 8.22. The van der Waals surface area contributed by atoms with Gasteiger partial charge in [0.05, 0.1) is 0 Å². The Hall–Kier alpha value is -1.36. The number of rotatable bonds is 2. The highest BCUT2D eigenvalue weighted by atomic mass is 16.4. The molecule has 0 amide bonds. The smallest absolute Gasteiger partial charge is 0.423 e. The summed E-state index contributed by atoms with van der Waals surface area (Å²) in [7, 11) is -1.41. The second kappa shape index (κ2) is 4.02. The van der Waals surface area contributed by atoms with Crippen molar-refractivity contribution in [3.8, 4) is 0 Å². The van der Waals surface area contributed by atoms with E-state index in [0.717, 1.165) is 16.3 Å². The summed E-state index contributed by atoms with van der Waals surface area (Å²) in [6.45, 7) is 0.514. The van der Waals surface area contributed by atoms with Gasteiger partial charge in [-0.2, -0.15) is 0 Å². The van der Waals surface area contributed by atoms with Gasteiger partial charge in [0.1, 0.15) is 0 Å². The summed E-state index contributed by atoms with van der Waals surface area (Å²) >= 11 is 0. The van der Waals surface area contributed by atoms with E-state index in [1.807, 2.05) is 24.3 Å². The average Bonchev–Trinajstić information content (AvgIpc) is 2.27. The molecule has 2 aromatic carbocycles. The van der Waals surface area contributed by atoms with E-state index < -0.39 is 7.12 Å². The van der Waals surface area contributed by atoms with Crippen LogP contribution in [0.15, 0.2) is 36.4 Å². The molecular formula is C11H12BNO2. The third-order valence-corrected chi connectivity index (χ3v) is 2.46. The molecule has 0 atom stereocenters. The van der Waals surface area contributed by atoms with Gasteiger partial charge in [-0.1, -0.05) is 30.3 Å². The molecule has 3 nitrogen and oxygen atoms in total. The first-order valence-electron chi connectivity index (χ1n) is 4.79. The highest BCUT2D eigenvalue weighted by molar-refractivity contribution is 6.58. The minimum Gasteiger partial charge on any atom is -0.423 e. The van der Waals surface area contributed by atoms with Gasteiger partial charge in [0.25, 0.3) is 0 Å². The van der Waals surface area contributed by atoms with Crippen LogP contribution in [-0.2, 0) is 6.54 Å². The molecule has 2 aromatic rings. The molecular weight excluding hydrogens is 189 g/mol. The standard InChI is InChI=1S/C11H12BNO2/c13-7-8-1-2-10-6-11(12(14)15)4-3-9(10)5-8/h1-6,14-15H,7,13H2. The molecule has 0 aliphatic carbocycles. The molecule has 0 heterocycles. The van der Waals surface area contributed by atoms with Gasteiger partial charge in [-0.25, -0.2) is 0 Å². The largest absolute Gasteiger partial charge is 0.488 e. The lowest BCUT2D eigenvalue weighted by molar-refractivity contribution is 0.426. The van der Waals surface area contributed by atoms with E-state index in [0.29, 0.717) is 12.0 Å². The van der Waals surface area contributed by atoms with Crippen molar-refractivity contribution in [2.45, 2.75) is 6.54 Å². The summed E-state index contributed by atoms with van der Waals surface area (Å²) in [5.74, 6) is 0. The fourth-order valence-corrected chi connectivity index (χ4v) is 1.60. The SMILES string of the molecule is NCc1ccc2cc(B(O)O)ccc2c1. The first kappa shape index (κ1) is 10.2. The monoisotopic (exact) mass is 201 g/mol. The maximum Gasteiger partial charge on any atom is 0.488 e. The van der Waals surface area contributed by atoms with E-state index in [9.17, 15) is 0 Å². The van der Waals surface area contributed by atoms with Crippen molar-refractivity contribution in [1.29, 1.82) is 0 Å². The van der Waals surface area contributed by atoms with Crippen molar-refractivity contribution >= 4 is 23.4 Å². The Morgan fingerprint density at radius 2 is 1.67 bits per heavy atom. The first-order chi connectivity index (χ1) is 7.20. The Bertz CT molecular complexity index is 485. The fraction of sp³-hybridized carbons (Fsp3) is 0.0909. The van der Waals surface area contributed by atoms with Crippen molar-refractivity contribution in [1.82, 2.24) is 0 Å². The van der Waals surface area contributed by atoms with Crippen LogP contribution in [0.2, 0.25) is 0 Å². The van der Waals surface area contributed by atoms with E-state index in [-0.39, 0.29) is 0 Å². The van der Waals surface area contributed by atoms with Crippen LogP contribution in [0.5, 0.6) is 0 Å². The maximum atomic E-state index is 9.02. The Morgan fingerprint density at radius 3 is 2.33 bits per heavy atom. The van der Waals surface area contributed by atoms with Crippen molar-refractivity contribution in [2.24, 2.45) is 5.73 Å². The summed E-state index contributed by atoms with van der Waals surface area (Å²) in [5.41, 5.74) is 7.11. The van der Waals surface area contributed by atoms with E-state index in [4.69, 9.17) is 15.8 Å². The summed E-state index contributed by atoms with van der Waals surface area (Å²) in [4.78, 5) is 0. The molecule has 0 saturated heterocycles. The number of hydrogen-bond donors (Lipinski definition) is 3. The summed E-state index contributed by atoms with van der Waals surface area (Å²) in [6.07, 6.45) is 0. The van der Waals surface area contributed by atoms with Gasteiger partial charge in [-0.3, -0.25) is 0 Å². The number of nitrogens with two attached hydrogens (primary N) is 1. The Labute approximate surface area is 88.3 Å². The molecule has 0 aliphatic rings. The summed E-state index contributed by atoms with van der Waals surface area (Å²) in [5, 5.41) is 20.1. The van der Waals surface area contributed by atoms with Crippen molar-refractivity contribution in [2.75, 3.05) is 0 Å². The minimum absolute atomic E-state index is 0.503. The van der Waals surface area contributed by atoms with Crippen LogP contribution >= 0.6 is 0 Å². The van der Waals surface area contributed by atoms with Crippen LogP contribution in [-0.4, -0.2) is 17.2 Å². The molecule has 76 valence electrons. The third kappa shape index (κ3) is 2.02. The lowest BCUT2D eigenvalue weighted by Crippen LogP contribution is -2.29. The van der Waals surface area contributed by atoms with Gasteiger partial charge >= 0.3 is 7.12 Å². The normalized spacial score (nSPS) is 10.6. The van der Waals surface area contributed by atoms with Gasteiger partial charge in [-0.05, 0) is 27.9 Å². The average molecular weight is 201 g/mol. The van der Waals surface area contributed by atoms with Crippen LogP contribution < -0.4 is 11.2 Å². The third-order valence-electron chi connectivity index (χ3n) is 2.46. The van der Waals surface area contributed by atoms with Crippen molar-refractivity contribution in [3.05, 3.63) is 42.0 Å². The highest BCUT2D eigenvalue weighted by Crippen LogP contribution is 2.14. The lowest BCUT2D eigenvalue weighted by atomic mass is 9.79. The predicted octanol–water partition coefficient (Wildman–Crippen LogP) is -0.0217. The van der Waals surface area contributed by atoms with Crippen LogP contribution in [0.4, 0.5) is 0 Å². The molecule has 4 heteroatoms. The molecule has 0 aliphatic heterocycles. The van der Waals surface area contributed by atoms with Crippen molar-refractivity contribution < 1.29 is 10.0 Å². The van der Waals surface area contributed by atoms with E-state index in [2.05, 4.69) is 0 Å². The Kier molecular flexibility index (Phi) is 2.73.